The molecular formula is C23H21ClF3N3O4. The van der Waals surface area contributed by atoms with Crippen LogP contribution in [-0.2, 0) is 4.74 Å². The molecule has 1 aliphatic heterocycles. The standard InChI is InChI=1S/C23H21ClF3N3O4/c1-22(23(25,26)27)9-12(11-4-3-5-14(24)20(11)33-2)13(10-34-22)16-8-17(31)18-15(30-16)6-7-29-19(18)21(28)32/h3-8,12-13H,9-10H2,1-2H3,(H2,28,32)(H,30,31)/t12-,13+,22+/m0/s1. The summed E-state index contributed by atoms with van der Waals surface area (Å²) >= 11 is 6.27. The van der Waals surface area contributed by atoms with Crippen molar-refractivity contribution in [2.24, 2.45) is 5.73 Å². The average Bonchev–Trinajstić information content (AvgIpc) is 2.77. The number of nitrogens with two attached hydrogens (primary N) is 1. The highest BCUT2D eigenvalue weighted by atomic mass is 35.5. The zero-order chi connectivity index (χ0) is 24.8. The van der Waals surface area contributed by atoms with Crippen LogP contribution in [0.1, 0.15) is 46.9 Å². The fourth-order valence-corrected chi connectivity index (χ4v) is 4.74. The molecule has 1 fully saturated rings. The van der Waals surface area contributed by atoms with Gasteiger partial charge in [0.05, 0.1) is 29.6 Å². The van der Waals surface area contributed by atoms with Crippen LogP contribution in [0.25, 0.3) is 10.9 Å². The number of nitrogens with zero attached hydrogens (tertiary/aromatic N) is 1. The minimum Gasteiger partial charge on any atom is -0.495 e. The molecule has 11 heteroatoms. The smallest absolute Gasteiger partial charge is 0.417 e. The quantitative estimate of drug-likeness (QED) is 0.561. The van der Waals surface area contributed by atoms with E-state index < -0.39 is 41.4 Å². The number of rotatable bonds is 4. The molecule has 3 aromatic rings. The van der Waals surface area contributed by atoms with E-state index in [0.29, 0.717) is 11.3 Å². The SMILES string of the molecule is COc1c(Cl)cccc1[C@@H]1C[C@](C)(C(F)(F)F)OC[C@H]1c1cc(=O)c2c(C(N)=O)nccc2[nH]1. The second-order valence-electron chi connectivity index (χ2n) is 8.35. The number of carbonyl (C=O) groups excluding carboxylic acids is 1. The zero-order valence-corrected chi connectivity index (χ0v) is 19.0. The first-order valence-corrected chi connectivity index (χ1v) is 10.7. The topological polar surface area (TPSA) is 107 Å². The molecule has 0 aliphatic carbocycles. The highest BCUT2D eigenvalue weighted by Crippen LogP contribution is 2.52. The van der Waals surface area contributed by atoms with Crippen molar-refractivity contribution in [1.82, 2.24) is 9.97 Å². The fraction of sp³-hybridized carbons (Fsp3) is 0.348. The van der Waals surface area contributed by atoms with Crippen LogP contribution in [0.5, 0.6) is 5.75 Å². The molecule has 2 aromatic heterocycles. The van der Waals surface area contributed by atoms with Crippen molar-refractivity contribution in [2.45, 2.75) is 37.0 Å². The van der Waals surface area contributed by atoms with E-state index >= 15 is 0 Å². The van der Waals surface area contributed by atoms with Crippen molar-refractivity contribution in [3.63, 3.8) is 0 Å². The number of aromatic nitrogens is 2. The monoisotopic (exact) mass is 495 g/mol. The molecule has 0 radical (unpaired) electrons. The summed E-state index contributed by atoms with van der Waals surface area (Å²) < 4.78 is 52.5. The summed E-state index contributed by atoms with van der Waals surface area (Å²) in [6, 6.07) is 7.59. The Labute approximate surface area is 197 Å². The van der Waals surface area contributed by atoms with Gasteiger partial charge in [0.1, 0.15) is 11.4 Å². The molecule has 1 amide bonds. The summed E-state index contributed by atoms with van der Waals surface area (Å²) in [7, 11) is 1.39. The lowest BCUT2D eigenvalue weighted by molar-refractivity contribution is -0.286. The van der Waals surface area contributed by atoms with E-state index in [2.05, 4.69) is 9.97 Å². The molecule has 0 saturated carbocycles. The van der Waals surface area contributed by atoms with Crippen LogP contribution in [0.3, 0.4) is 0 Å². The van der Waals surface area contributed by atoms with Crippen LogP contribution in [-0.4, -0.2) is 41.4 Å². The number of fused-ring (bicyclic) bond motifs is 1. The number of amides is 1. The zero-order valence-electron chi connectivity index (χ0n) is 18.2. The van der Waals surface area contributed by atoms with E-state index in [1.165, 1.54) is 25.4 Å². The number of aromatic amines is 1. The molecule has 3 atom stereocenters. The molecule has 34 heavy (non-hydrogen) atoms. The Morgan fingerprint density at radius 3 is 2.71 bits per heavy atom. The molecule has 3 heterocycles. The predicted octanol–water partition coefficient (Wildman–Crippen LogP) is 4.29. The highest BCUT2D eigenvalue weighted by Gasteiger charge is 2.57. The number of carbonyl (C=O) groups is 1. The van der Waals surface area contributed by atoms with Gasteiger partial charge in [-0.2, -0.15) is 13.2 Å². The van der Waals surface area contributed by atoms with Crippen molar-refractivity contribution in [1.29, 1.82) is 0 Å². The number of H-pyrrole nitrogens is 1. The Kier molecular flexibility index (Phi) is 6.07. The number of benzene rings is 1. The third-order valence-corrected chi connectivity index (χ3v) is 6.57. The van der Waals surface area contributed by atoms with Gasteiger partial charge < -0.3 is 20.2 Å². The molecule has 0 spiro atoms. The van der Waals surface area contributed by atoms with Gasteiger partial charge in [-0.15, -0.1) is 0 Å². The van der Waals surface area contributed by atoms with E-state index in [1.54, 1.807) is 18.2 Å². The van der Waals surface area contributed by atoms with Crippen molar-refractivity contribution in [3.8, 4) is 5.75 Å². The minimum atomic E-state index is -4.62. The maximum Gasteiger partial charge on any atom is 0.417 e. The van der Waals surface area contributed by atoms with E-state index in [-0.39, 0.29) is 34.0 Å². The van der Waals surface area contributed by atoms with Gasteiger partial charge in [-0.3, -0.25) is 14.6 Å². The molecule has 1 saturated heterocycles. The maximum atomic E-state index is 13.9. The number of pyridine rings is 2. The van der Waals surface area contributed by atoms with Crippen LogP contribution in [0.4, 0.5) is 13.2 Å². The number of hydrogen-bond donors (Lipinski definition) is 2. The Morgan fingerprint density at radius 1 is 1.32 bits per heavy atom. The summed E-state index contributed by atoms with van der Waals surface area (Å²) in [6.45, 7) is 0.673. The van der Waals surface area contributed by atoms with Gasteiger partial charge in [0, 0.05) is 29.8 Å². The Bertz CT molecular complexity index is 1330. The molecule has 1 aromatic carbocycles. The lowest BCUT2D eigenvalue weighted by Crippen LogP contribution is -2.50. The first-order valence-electron chi connectivity index (χ1n) is 10.3. The third kappa shape index (κ3) is 4.01. The van der Waals surface area contributed by atoms with Gasteiger partial charge in [-0.25, -0.2) is 0 Å². The highest BCUT2D eigenvalue weighted by molar-refractivity contribution is 6.32. The van der Waals surface area contributed by atoms with Crippen LogP contribution in [0, 0.1) is 0 Å². The molecular weight excluding hydrogens is 475 g/mol. The minimum absolute atomic E-state index is 0.00694. The molecule has 7 nitrogen and oxygen atoms in total. The number of halogens is 4. The molecule has 4 rings (SSSR count). The Balaban J connectivity index is 1.90. The molecule has 1 aliphatic rings. The third-order valence-electron chi connectivity index (χ3n) is 6.27. The number of primary amides is 1. The molecule has 0 bridgehead atoms. The van der Waals surface area contributed by atoms with Gasteiger partial charge in [-0.05, 0) is 31.0 Å². The summed E-state index contributed by atoms with van der Waals surface area (Å²) in [5.74, 6) is -2.05. The molecule has 180 valence electrons. The number of nitrogens with one attached hydrogen (secondary N) is 1. The van der Waals surface area contributed by atoms with Crippen molar-refractivity contribution < 1.29 is 27.4 Å². The second-order valence-corrected chi connectivity index (χ2v) is 8.76. The largest absolute Gasteiger partial charge is 0.495 e. The van der Waals surface area contributed by atoms with Crippen LogP contribution in [0.15, 0.2) is 41.3 Å². The van der Waals surface area contributed by atoms with Gasteiger partial charge in [-0.1, -0.05) is 23.7 Å². The average molecular weight is 496 g/mol. The van der Waals surface area contributed by atoms with Crippen LogP contribution >= 0.6 is 11.6 Å². The summed E-state index contributed by atoms with van der Waals surface area (Å²) in [5, 5.41) is 0.260. The van der Waals surface area contributed by atoms with Crippen molar-refractivity contribution >= 4 is 28.4 Å². The molecule has 0 unspecified atom stereocenters. The van der Waals surface area contributed by atoms with E-state index in [4.69, 9.17) is 26.8 Å². The number of hydrogen-bond acceptors (Lipinski definition) is 5. The van der Waals surface area contributed by atoms with Crippen molar-refractivity contribution in [2.75, 3.05) is 13.7 Å². The van der Waals surface area contributed by atoms with E-state index in [0.717, 1.165) is 6.92 Å². The first-order chi connectivity index (χ1) is 16.0. The van der Waals surface area contributed by atoms with Crippen molar-refractivity contribution in [3.05, 3.63) is 68.7 Å². The lowest BCUT2D eigenvalue weighted by atomic mass is 9.74. The summed E-state index contributed by atoms with van der Waals surface area (Å²) in [5.41, 5.74) is 3.29. The Hall–Kier alpha value is -3.11. The Morgan fingerprint density at radius 2 is 2.06 bits per heavy atom. The second kappa shape index (κ2) is 8.59. The fourth-order valence-electron chi connectivity index (χ4n) is 4.48. The number of methoxy groups -OCH3 is 1. The van der Waals surface area contributed by atoms with Gasteiger partial charge in [0.2, 0.25) is 0 Å². The number of para-hydroxylation sites is 1. The predicted molar refractivity (Wildman–Crippen MR) is 119 cm³/mol. The van der Waals surface area contributed by atoms with Gasteiger partial charge in [0.15, 0.2) is 11.0 Å². The first kappa shape index (κ1) is 24.0. The summed E-state index contributed by atoms with van der Waals surface area (Å²) in [4.78, 5) is 31.6. The normalized spacial score (nSPS) is 23.1. The van der Waals surface area contributed by atoms with Crippen LogP contribution < -0.4 is 15.9 Å². The molecule has 3 N–H and O–H groups in total. The lowest BCUT2D eigenvalue weighted by Gasteiger charge is -2.44. The van der Waals surface area contributed by atoms with E-state index in [1.807, 2.05) is 0 Å². The summed E-state index contributed by atoms with van der Waals surface area (Å²) in [6.07, 6.45) is -3.74. The van der Waals surface area contributed by atoms with E-state index in [9.17, 15) is 22.8 Å². The van der Waals surface area contributed by atoms with Gasteiger partial charge >= 0.3 is 6.18 Å². The van der Waals surface area contributed by atoms with Crippen LogP contribution in [0.2, 0.25) is 5.02 Å². The maximum absolute atomic E-state index is 13.9. The number of alkyl halides is 3. The van der Waals surface area contributed by atoms with Gasteiger partial charge in [0.25, 0.3) is 5.91 Å². The number of ether oxygens (including phenoxy) is 2.